The van der Waals surface area contributed by atoms with E-state index < -0.39 is 0 Å². The first kappa shape index (κ1) is 19.9. The van der Waals surface area contributed by atoms with Crippen LogP contribution in [0.25, 0.3) is 0 Å². The van der Waals surface area contributed by atoms with Crippen molar-refractivity contribution in [3.05, 3.63) is 16.1 Å². The van der Waals surface area contributed by atoms with E-state index in [9.17, 15) is 5.11 Å². The number of aliphatic hydroxyl groups is 1. The predicted octanol–water partition coefficient (Wildman–Crippen LogP) is 2.81. The summed E-state index contributed by atoms with van der Waals surface area (Å²) in [4.78, 5) is 9.17. The molecule has 0 saturated carbocycles. The Morgan fingerprint density at radius 3 is 2.70 bits per heavy atom. The first-order chi connectivity index (χ1) is 11.1. The van der Waals surface area contributed by atoms with E-state index in [-0.39, 0.29) is 6.61 Å². The summed E-state index contributed by atoms with van der Waals surface area (Å²) in [6.45, 7) is 11.1. The van der Waals surface area contributed by atoms with Gasteiger partial charge in [0.15, 0.2) is 5.96 Å². The predicted molar refractivity (Wildman–Crippen MR) is 99.0 cm³/mol. The summed E-state index contributed by atoms with van der Waals surface area (Å²) in [6, 6.07) is 0. The van der Waals surface area contributed by atoms with Gasteiger partial charge in [0, 0.05) is 25.1 Å². The molecule has 6 heteroatoms. The van der Waals surface area contributed by atoms with Gasteiger partial charge < -0.3 is 15.7 Å². The van der Waals surface area contributed by atoms with E-state index in [1.54, 1.807) is 11.3 Å². The number of hydrogen-bond donors (Lipinski definition) is 3. The molecular weight excluding hydrogens is 308 g/mol. The van der Waals surface area contributed by atoms with Crippen molar-refractivity contribution < 1.29 is 5.11 Å². The van der Waals surface area contributed by atoms with Crippen molar-refractivity contribution in [1.29, 1.82) is 0 Å². The first-order valence-corrected chi connectivity index (χ1v) is 9.53. The molecule has 0 amide bonds. The van der Waals surface area contributed by atoms with Gasteiger partial charge in [0.05, 0.1) is 17.2 Å². The molecule has 0 radical (unpaired) electrons. The summed E-state index contributed by atoms with van der Waals surface area (Å²) >= 11 is 1.70. The van der Waals surface area contributed by atoms with Crippen molar-refractivity contribution in [2.24, 2.45) is 16.8 Å². The van der Waals surface area contributed by atoms with Crippen LogP contribution >= 0.6 is 11.3 Å². The van der Waals surface area contributed by atoms with Crippen LogP contribution in [0.2, 0.25) is 0 Å². The van der Waals surface area contributed by atoms with Gasteiger partial charge in [-0.2, -0.15) is 0 Å². The minimum absolute atomic E-state index is 0.241. The quantitative estimate of drug-likeness (QED) is 0.452. The van der Waals surface area contributed by atoms with Crippen LogP contribution in [-0.2, 0) is 13.0 Å². The lowest BCUT2D eigenvalue weighted by Gasteiger charge is -2.20. The Bertz CT molecular complexity index is 459. The lowest BCUT2D eigenvalue weighted by Crippen LogP contribution is -2.40. The molecule has 1 atom stereocenters. The maximum Gasteiger partial charge on any atom is 0.191 e. The Hall–Kier alpha value is -1.14. The SMILES string of the molecule is CCNC(=NCc1csc(CC)n1)NCC(CCO)CC(C)C. The standard InChI is InChI=1S/C17H32N4OS/c1-5-16-21-15(12-23-16)11-20-17(18-6-2)19-10-14(7-8-22)9-13(3)4/h12-14,22H,5-11H2,1-4H3,(H2,18,19,20). The number of nitrogens with zero attached hydrogens (tertiary/aromatic N) is 2. The molecule has 3 N–H and O–H groups in total. The molecule has 0 fully saturated rings. The molecule has 0 aliphatic carbocycles. The molecule has 0 bridgehead atoms. The van der Waals surface area contributed by atoms with Crippen LogP contribution in [0, 0.1) is 11.8 Å². The van der Waals surface area contributed by atoms with Gasteiger partial charge in [-0.1, -0.05) is 20.8 Å². The fourth-order valence-corrected chi connectivity index (χ4v) is 3.22. The largest absolute Gasteiger partial charge is 0.396 e. The first-order valence-electron chi connectivity index (χ1n) is 8.65. The maximum atomic E-state index is 9.22. The van der Waals surface area contributed by atoms with Crippen molar-refractivity contribution in [1.82, 2.24) is 15.6 Å². The molecule has 1 unspecified atom stereocenters. The third kappa shape index (κ3) is 8.32. The van der Waals surface area contributed by atoms with Gasteiger partial charge in [-0.15, -0.1) is 11.3 Å². The molecule has 1 aromatic rings. The fourth-order valence-electron chi connectivity index (χ4n) is 2.48. The number of rotatable bonds is 10. The maximum absolute atomic E-state index is 9.22. The van der Waals surface area contributed by atoms with Crippen LogP contribution in [0.4, 0.5) is 0 Å². The van der Waals surface area contributed by atoms with Crippen LogP contribution in [0.1, 0.15) is 51.2 Å². The van der Waals surface area contributed by atoms with Gasteiger partial charge in [0.2, 0.25) is 0 Å². The van der Waals surface area contributed by atoms with Crippen LogP contribution in [-0.4, -0.2) is 35.7 Å². The molecule has 0 aliphatic heterocycles. The number of guanidine groups is 1. The summed E-state index contributed by atoms with van der Waals surface area (Å²) in [5.41, 5.74) is 1.03. The number of nitrogens with one attached hydrogen (secondary N) is 2. The van der Waals surface area contributed by atoms with Crippen molar-refractivity contribution in [2.45, 2.75) is 53.5 Å². The molecule has 132 valence electrons. The van der Waals surface area contributed by atoms with E-state index in [0.717, 1.165) is 49.0 Å². The number of aliphatic hydroxyl groups excluding tert-OH is 1. The van der Waals surface area contributed by atoms with E-state index in [1.165, 1.54) is 0 Å². The van der Waals surface area contributed by atoms with Crippen molar-refractivity contribution in [3.63, 3.8) is 0 Å². The van der Waals surface area contributed by atoms with Gasteiger partial charge >= 0.3 is 0 Å². The normalized spacial score (nSPS) is 13.4. The van der Waals surface area contributed by atoms with Crippen LogP contribution in [0.5, 0.6) is 0 Å². The van der Waals surface area contributed by atoms with Gasteiger partial charge in [-0.05, 0) is 38.0 Å². The number of aryl methyl sites for hydroxylation is 1. The molecular formula is C17H32N4OS. The highest BCUT2D eigenvalue weighted by Crippen LogP contribution is 2.14. The van der Waals surface area contributed by atoms with Gasteiger partial charge in [0.25, 0.3) is 0 Å². The zero-order valence-electron chi connectivity index (χ0n) is 14.9. The van der Waals surface area contributed by atoms with E-state index in [2.05, 4.69) is 53.7 Å². The minimum atomic E-state index is 0.241. The minimum Gasteiger partial charge on any atom is -0.396 e. The third-order valence-corrected chi connectivity index (χ3v) is 4.59. The Morgan fingerprint density at radius 2 is 2.13 bits per heavy atom. The van der Waals surface area contributed by atoms with Gasteiger partial charge in [0.1, 0.15) is 0 Å². The number of thiazole rings is 1. The van der Waals surface area contributed by atoms with Crippen molar-refractivity contribution in [3.8, 4) is 0 Å². The average Bonchev–Trinajstić information content (AvgIpc) is 2.97. The van der Waals surface area contributed by atoms with E-state index >= 15 is 0 Å². The highest BCUT2D eigenvalue weighted by molar-refractivity contribution is 7.09. The highest BCUT2D eigenvalue weighted by Gasteiger charge is 2.11. The third-order valence-electron chi connectivity index (χ3n) is 3.55. The molecule has 23 heavy (non-hydrogen) atoms. The summed E-state index contributed by atoms with van der Waals surface area (Å²) < 4.78 is 0. The van der Waals surface area contributed by atoms with Crippen LogP contribution < -0.4 is 10.6 Å². The molecule has 5 nitrogen and oxygen atoms in total. The molecule has 1 aromatic heterocycles. The van der Waals surface area contributed by atoms with Gasteiger partial charge in [-0.25, -0.2) is 9.98 Å². The summed E-state index contributed by atoms with van der Waals surface area (Å²) in [6.07, 6.45) is 2.92. The van der Waals surface area contributed by atoms with Crippen molar-refractivity contribution in [2.75, 3.05) is 19.7 Å². The summed E-state index contributed by atoms with van der Waals surface area (Å²) in [5.74, 6) is 1.93. The zero-order chi connectivity index (χ0) is 17.1. The highest BCUT2D eigenvalue weighted by atomic mass is 32.1. The van der Waals surface area contributed by atoms with E-state index in [1.807, 2.05) is 0 Å². The zero-order valence-corrected chi connectivity index (χ0v) is 15.7. The van der Waals surface area contributed by atoms with Gasteiger partial charge in [-0.3, -0.25) is 0 Å². The monoisotopic (exact) mass is 340 g/mol. The lowest BCUT2D eigenvalue weighted by molar-refractivity contribution is 0.243. The average molecular weight is 341 g/mol. The molecule has 0 saturated heterocycles. The Morgan fingerprint density at radius 1 is 1.35 bits per heavy atom. The molecule has 0 spiro atoms. The smallest absolute Gasteiger partial charge is 0.191 e. The van der Waals surface area contributed by atoms with Crippen LogP contribution in [0.15, 0.2) is 10.4 Å². The Labute approximate surface area is 144 Å². The molecule has 1 rings (SSSR count). The number of aliphatic imine (C=N–C) groups is 1. The second kappa shape index (κ2) is 11.4. The summed E-state index contributed by atoms with van der Waals surface area (Å²) in [5, 5.41) is 19.1. The Kier molecular flexibility index (Phi) is 9.87. The molecule has 0 aliphatic rings. The fraction of sp³-hybridized carbons (Fsp3) is 0.765. The van der Waals surface area contributed by atoms with E-state index in [0.29, 0.717) is 18.4 Å². The molecule has 0 aromatic carbocycles. The topological polar surface area (TPSA) is 69.5 Å². The van der Waals surface area contributed by atoms with Crippen molar-refractivity contribution >= 4 is 17.3 Å². The second-order valence-corrected chi connectivity index (χ2v) is 7.11. The Balaban J connectivity index is 2.56. The van der Waals surface area contributed by atoms with Crippen LogP contribution in [0.3, 0.4) is 0 Å². The molecule has 1 heterocycles. The van der Waals surface area contributed by atoms with E-state index in [4.69, 9.17) is 0 Å². The lowest BCUT2D eigenvalue weighted by atomic mass is 9.94. The number of hydrogen-bond acceptors (Lipinski definition) is 4. The second-order valence-electron chi connectivity index (χ2n) is 6.17. The number of aromatic nitrogens is 1. The summed E-state index contributed by atoms with van der Waals surface area (Å²) in [7, 11) is 0.